The Balaban J connectivity index is 2.22. The smallest absolute Gasteiger partial charge is 0.147 e. The lowest BCUT2D eigenvalue weighted by Crippen LogP contribution is -2.04. The van der Waals surface area contributed by atoms with Gasteiger partial charge >= 0.3 is 0 Å². The molecule has 2 rings (SSSR count). The fraction of sp³-hybridized carbons (Fsp3) is 0.308. The lowest BCUT2D eigenvalue weighted by Gasteiger charge is -2.10. The molecule has 5 heteroatoms. The molecule has 1 aromatic carbocycles. The average Bonchev–Trinajstić information content (AvgIpc) is 2.54. The van der Waals surface area contributed by atoms with Crippen LogP contribution in [0.2, 0.25) is 0 Å². The lowest BCUT2D eigenvalue weighted by molar-refractivity contribution is 0.629. The highest BCUT2D eigenvalue weighted by molar-refractivity contribution is 9.10. The fourth-order valence-corrected chi connectivity index (χ4v) is 2.40. The van der Waals surface area contributed by atoms with Gasteiger partial charge in [-0.1, -0.05) is 6.07 Å². The van der Waals surface area contributed by atoms with Gasteiger partial charge in [-0.05, 0) is 41.9 Å². The molecule has 0 aliphatic heterocycles. The largest absolute Gasteiger partial charge is 0.378 e. The summed E-state index contributed by atoms with van der Waals surface area (Å²) in [4.78, 5) is 0. The number of benzene rings is 1. The van der Waals surface area contributed by atoms with Crippen LogP contribution in [0.4, 0.5) is 10.1 Å². The van der Waals surface area contributed by atoms with Crippen LogP contribution in [0.15, 0.2) is 22.7 Å². The van der Waals surface area contributed by atoms with Crippen molar-refractivity contribution in [1.29, 1.82) is 0 Å². The Hall–Kier alpha value is -1.36. The van der Waals surface area contributed by atoms with Crippen LogP contribution in [0.3, 0.4) is 0 Å². The van der Waals surface area contributed by atoms with E-state index in [9.17, 15) is 4.39 Å². The third-order valence-electron chi connectivity index (χ3n) is 3.06. The van der Waals surface area contributed by atoms with E-state index in [1.807, 2.05) is 31.6 Å². The van der Waals surface area contributed by atoms with Crippen LogP contribution in [-0.4, -0.2) is 9.78 Å². The van der Waals surface area contributed by atoms with E-state index in [0.29, 0.717) is 12.2 Å². The number of nitrogens with zero attached hydrogens (tertiary/aromatic N) is 2. The Kier molecular flexibility index (Phi) is 3.71. The van der Waals surface area contributed by atoms with Crippen molar-refractivity contribution in [2.75, 3.05) is 5.32 Å². The Bertz CT molecular complexity index is 558. The molecule has 0 fully saturated rings. The summed E-state index contributed by atoms with van der Waals surface area (Å²) in [5.74, 6) is -0.261. The van der Waals surface area contributed by atoms with E-state index < -0.39 is 0 Å². The van der Waals surface area contributed by atoms with E-state index in [2.05, 4.69) is 26.3 Å². The summed E-state index contributed by atoms with van der Waals surface area (Å²) in [5, 5.41) is 7.46. The van der Waals surface area contributed by atoms with Gasteiger partial charge < -0.3 is 5.32 Å². The van der Waals surface area contributed by atoms with Crippen molar-refractivity contribution in [2.24, 2.45) is 7.05 Å². The van der Waals surface area contributed by atoms with Gasteiger partial charge in [0.15, 0.2) is 0 Å². The van der Waals surface area contributed by atoms with Gasteiger partial charge in [-0.15, -0.1) is 0 Å². The number of halogens is 2. The predicted octanol–water partition coefficient (Wildman–Crippen LogP) is 3.55. The maximum absolute atomic E-state index is 13.6. The van der Waals surface area contributed by atoms with Crippen LogP contribution in [0, 0.1) is 19.7 Å². The maximum atomic E-state index is 13.6. The van der Waals surface area contributed by atoms with Crippen molar-refractivity contribution in [3.8, 4) is 0 Å². The zero-order valence-electron chi connectivity index (χ0n) is 10.6. The van der Waals surface area contributed by atoms with Gasteiger partial charge in [-0.3, -0.25) is 4.68 Å². The molecule has 18 heavy (non-hydrogen) atoms. The molecule has 1 heterocycles. The highest BCUT2D eigenvalue weighted by Gasteiger charge is 2.11. The minimum absolute atomic E-state index is 0.261. The number of nitrogens with one attached hydrogen (secondary N) is 1. The summed E-state index contributed by atoms with van der Waals surface area (Å²) in [7, 11) is 1.91. The van der Waals surface area contributed by atoms with Crippen molar-refractivity contribution in [3.63, 3.8) is 0 Å². The summed E-state index contributed by atoms with van der Waals surface area (Å²) in [5.41, 5.74) is 3.65. The maximum Gasteiger partial charge on any atom is 0.147 e. The zero-order valence-corrected chi connectivity index (χ0v) is 12.2. The van der Waals surface area contributed by atoms with Gasteiger partial charge in [-0.2, -0.15) is 5.10 Å². The lowest BCUT2D eigenvalue weighted by atomic mass is 10.2. The number of aromatic nitrogens is 2. The third kappa shape index (κ3) is 2.41. The minimum atomic E-state index is -0.261. The number of rotatable bonds is 3. The normalized spacial score (nSPS) is 10.7. The summed E-state index contributed by atoms with van der Waals surface area (Å²) < 4.78 is 16.2. The molecule has 0 aliphatic rings. The number of hydrogen-bond donors (Lipinski definition) is 1. The summed E-state index contributed by atoms with van der Waals surface area (Å²) >= 11 is 3.34. The topological polar surface area (TPSA) is 29.9 Å². The molecular weight excluding hydrogens is 297 g/mol. The van der Waals surface area contributed by atoms with Crippen molar-refractivity contribution in [1.82, 2.24) is 9.78 Å². The molecule has 0 atom stereocenters. The van der Waals surface area contributed by atoms with Crippen LogP contribution in [0.25, 0.3) is 0 Å². The predicted molar refractivity (Wildman–Crippen MR) is 74.1 cm³/mol. The summed E-state index contributed by atoms with van der Waals surface area (Å²) in [6, 6.07) is 4.93. The molecule has 1 N–H and O–H groups in total. The van der Waals surface area contributed by atoms with Gasteiger partial charge in [0, 0.05) is 29.3 Å². The second-order valence-electron chi connectivity index (χ2n) is 4.22. The number of anilines is 1. The molecular formula is C13H15BrFN3. The Morgan fingerprint density at radius 1 is 1.39 bits per heavy atom. The first-order valence-electron chi connectivity index (χ1n) is 5.67. The molecule has 1 aromatic heterocycles. The first-order chi connectivity index (χ1) is 8.50. The van der Waals surface area contributed by atoms with Crippen molar-refractivity contribution >= 4 is 21.6 Å². The van der Waals surface area contributed by atoms with E-state index in [1.54, 1.807) is 6.07 Å². The molecule has 0 bridgehead atoms. The van der Waals surface area contributed by atoms with Crippen molar-refractivity contribution in [2.45, 2.75) is 20.4 Å². The van der Waals surface area contributed by atoms with Crippen LogP contribution >= 0.6 is 15.9 Å². The molecule has 0 radical (unpaired) electrons. The summed E-state index contributed by atoms with van der Waals surface area (Å²) in [6.45, 7) is 4.53. The van der Waals surface area contributed by atoms with E-state index in [0.717, 1.165) is 21.4 Å². The highest BCUT2D eigenvalue weighted by Crippen LogP contribution is 2.26. The van der Waals surface area contributed by atoms with E-state index in [4.69, 9.17) is 0 Å². The Labute approximate surface area is 114 Å². The van der Waals surface area contributed by atoms with Gasteiger partial charge in [0.05, 0.1) is 11.4 Å². The first kappa shape index (κ1) is 13.1. The Morgan fingerprint density at radius 3 is 2.67 bits per heavy atom. The molecule has 3 nitrogen and oxygen atoms in total. The van der Waals surface area contributed by atoms with Crippen LogP contribution in [0.1, 0.15) is 17.0 Å². The molecule has 0 unspecified atom stereocenters. The molecule has 0 saturated heterocycles. The highest BCUT2D eigenvalue weighted by atomic mass is 79.9. The second-order valence-corrected chi connectivity index (χ2v) is 5.08. The van der Waals surface area contributed by atoms with Crippen molar-refractivity contribution < 1.29 is 4.39 Å². The fourth-order valence-electron chi connectivity index (χ4n) is 1.92. The monoisotopic (exact) mass is 311 g/mol. The number of aryl methyl sites for hydroxylation is 2. The van der Waals surface area contributed by atoms with Gasteiger partial charge in [0.2, 0.25) is 0 Å². The molecule has 96 valence electrons. The minimum Gasteiger partial charge on any atom is -0.378 e. The van der Waals surface area contributed by atoms with Crippen LogP contribution in [0.5, 0.6) is 0 Å². The SMILES string of the molecule is Cc1nn(C)c(C)c1CNc1c(F)cccc1Br. The standard InChI is InChI=1S/C13H15BrFN3/c1-8-10(9(2)18(3)17-8)7-16-13-11(14)5-4-6-12(13)15/h4-6,16H,7H2,1-3H3. The number of para-hydroxylation sites is 1. The van der Waals surface area contributed by atoms with E-state index in [1.165, 1.54) is 6.07 Å². The molecule has 0 amide bonds. The van der Waals surface area contributed by atoms with Crippen LogP contribution in [-0.2, 0) is 13.6 Å². The molecule has 0 saturated carbocycles. The number of hydrogen-bond acceptors (Lipinski definition) is 2. The summed E-state index contributed by atoms with van der Waals surface area (Å²) in [6.07, 6.45) is 0. The molecule has 0 spiro atoms. The Morgan fingerprint density at radius 2 is 2.11 bits per heavy atom. The first-order valence-corrected chi connectivity index (χ1v) is 6.47. The zero-order chi connectivity index (χ0) is 13.3. The van der Waals surface area contributed by atoms with Crippen molar-refractivity contribution in [3.05, 3.63) is 45.4 Å². The molecule has 0 aliphatic carbocycles. The van der Waals surface area contributed by atoms with Gasteiger partial charge in [-0.25, -0.2) is 4.39 Å². The van der Waals surface area contributed by atoms with Crippen LogP contribution < -0.4 is 5.32 Å². The van der Waals surface area contributed by atoms with Gasteiger partial charge in [0.25, 0.3) is 0 Å². The van der Waals surface area contributed by atoms with E-state index in [-0.39, 0.29) is 5.82 Å². The average molecular weight is 312 g/mol. The van der Waals surface area contributed by atoms with E-state index >= 15 is 0 Å². The molecule has 2 aromatic rings. The van der Waals surface area contributed by atoms with Gasteiger partial charge in [0.1, 0.15) is 5.82 Å². The second kappa shape index (κ2) is 5.10. The third-order valence-corrected chi connectivity index (χ3v) is 3.72. The quantitative estimate of drug-likeness (QED) is 0.939.